The average Bonchev–Trinajstić information content (AvgIpc) is 2.15. The van der Waals surface area contributed by atoms with Crippen LogP contribution in [0.5, 0.6) is 0 Å². The van der Waals surface area contributed by atoms with Gasteiger partial charge in [-0.25, -0.2) is 4.39 Å². The lowest BCUT2D eigenvalue weighted by molar-refractivity contribution is -0.140. The van der Waals surface area contributed by atoms with Crippen LogP contribution in [0.2, 0.25) is 0 Å². The number of alkyl halides is 3. The monoisotopic (exact) mass is 237 g/mol. The summed E-state index contributed by atoms with van der Waals surface area (Å²) in [5, 5.41) is 1.01. The lowest BCUT2D eigenvalue weighted by Crippen LogP contribution is -2.16. The number of rotatable bonds is 2. The molecule has 1 aromatic rings. The summed E-state index contributed by atoms with van der Waals surface area (Å²) in [4.78, 5) is 0. The Balaban J connectivity index is 3.29. The molecule has 0 radical (unpaired) electrons. The van der Waals surface area contributed by atoms with Gasteiger partial charge in [-0.05, 0) is 6.07 Å². The summed E-state index contributed by atoms with van der Waals surface area (Å²) >= 11 is 4.46. The van der Waals surface area contributed by atoms with E-state index in [2.05, 4.69) is 12.2 Å². The fraction of sp³-hybridized carbons (Fsp3) is 0.222. The average molecular weight is 237 g/mol. The quantitative estimate of drug-likeness (QED) is 0.632. The molecule has 1 aromatic carbocycles. The Kier molecular flexibility index (Phi) is 3.41. The van der Waals surface area contributed by atoms with E-state index in [9.17, 15) is 17.6 Å². The molecule has 0 saturated carbocycles. The van der Waals surface area contributed by atoms with Crippen LogP contribution in [-0.4, -0.2) is 5.37 Å². The summed E-state index contributed by atoms with van der Waals surface area (Å²) < 4.78 is 50.2. The van der Waals surface area contributed by atoms with Gasteiger partial charge in [-0.15, -0.1) is 0 Å². The fourth-order valence-electron chi connectivity index (χ4n) is 1.10. The van der Waals surface area contributed by atoms with Crippen LogP contribution < -0.4 is 5.73 Å². The van der Waals surface area contributed by atoms with Crippen LogP contribution in [0.3, 0.4) is 0 Å². The van der Waals surface area contributed by atoms with E-state index in [1.807, 2.05) is 0 Å². The third-order valence-electron chi connectivity index (χ3n) is 1.84. The SMILES string of the molecule is NC(C=S)c1cccc(C(F)(F)F)c1F. The zero-order valence-electron chi connectivity index (χ0n) is 7.38. The molecular weight excluding hydrogens is 230 g/mol. The summed E-state index contributed by atoms with van der Waals surface area (Å²) in [5.41, 5.74) is 3.76. The zero-order chi connectivity index (χ0) is 11.6. The summed E-state index contributed by atoms with van der Waals surface area (Å²) in [6.07, 6.45) is -4.72. The summed E-state index contributed by atoms with van der Waals surface area (Å²) in [5.74, 6) is -1.36. The largest absolute Gasteiger partial charge is 0.419 e. The van der Waals surface area contributed by atoms with Crippen LogP contribution in [0.25, 0.3) is 0 Å². The molecule has 0 aliphatic rings. The Morgan fingerprint density at radius 3 is 2.40 bits per heavy atom. The molecule has 82 valence electrons. The Morgan fingerprint density at radius 1 is 1.33 bits per heavy atom. The molecule has 1 atom stereocenters. The van der Waals surface area contributed by atoms with E-state index >= 15 is 0 Å². The smallest absolute Gasteiger partial charge is 0.320 e. The van der Waals surface area contributed by atoms with Crippen molar-refractivity contribution < 1.29 is 17.6 Å². The second-order valence-electron chi connectivity index (χ2n) is 2.87. The Hall–Kier alpha value is -1.01. The number of hydrogen-bond donors (Lipinski definition) is 1. The van der Waals surface area contributed by atoms with Gasteiger partial charge in [0.25, 0.3) is 0 Å². The highest BCUT2D eigenvalue weighted by Crippen LogP contribution is 2.33. The van der Waals surface area contributed by atoms with Gasteiger partial charge in [-0.1, -0.05) is 24.4 Å². The van der Waals surface area contributed by atoms with E-state index in [0.29, 0.717) is 6.07 Å². The first kappa shape index (κ1) is 12.1. The normalized spacial score (nSPS) is 13.7. The van der Waals surface area contributed by atoms with Crippen molar-refractivity contribution in [3.8, 4) is 0 Å². The summed E-state index contributed by atoms with van der Waals surface area (Å²) in [6, 6.07) is 1.93. The van der Waals surface area contributed by atoms with Crippen molar-refractivity contribution in [1.82, 2.24) is 0 Å². The minimum Gasteiger partial charge on any atom is -0.320 e. The standard InChI is InChI=1S/C9H7F4NS/c10-8-5(7(14)4-15)2-1-3-6(8)9(11,12)13/h1-4,7H,14H2. The summed E-state index contributed by atoms with van der Waals surface area (Å²) in [6.45, 7) is 0. The maximum atomic E-state index is 13.3. The van der Waals surface area contributed by atoms with E-state index in [-0.39, 0.29) is 5.56 Å². The van der Waals surface area contributed by atoms with Crippen molar-refractivity contribution in [2.75, 3.05) is 0 Å². The van der Waals surface area contributed by atoms with E-state index in [1.54, 1.807) is 0 Å². The Labute approximate surface area is 88.9 Å². The molecule has 2 N–H and O–H groups in total. The van der Waals surface area contributed by atoms with Crippen LogP contribution in [0.1, 0.15) is 17.2 Å². The lowest BCUT2D eigenvalue weighted by Gasteiger charge is -2.12. The van der Waals surface area contributed by atoms with Gasteiger partial charge < -0.3 is 5.73 Å². The van der Waals surface area contributed by atoms with Gasteiger partial charge in [0.05, 0.1) is 11.6 Å². The molecule has 0 amide bonds. The maximum Gasteiger partial charge on any atom is 0.419 e. The van der Waals surface area contributed by atoms with Crippen LogP contribution >= 0.6 is 12.2 Å². The predicted molar refractivity (Wildman–Crippen MR) is 52.0 cm³/mol. The highest BCUT2D eigenvalue weighted by Gasteiger charge is 2.35. The van der Waals surface area contributed by atoms with Crippen LogP contribution in [0, 0.1) is 5.82 Å². The molecule has 6 heteroatoms. The van der Waals surface area contributed by atoms with Gasteiger partial charge in [0.1, 0.15) is 5.82 Å². The Morgan fingerprint density at radius 2 is 1.93 bits per heavy atom. The Bertz CT molecular complexity index is 375. The highest BCUT2D eigenvalue weighted by atomic mass is 32.1. The first-order chi connectivity index (χ1) is 6.88. The van der Waals surface area contributed by atoms with Gasteiger partial charge in [0.15, 0.2) is 0 Å². The van der Waals surface area contributed by atoms with Crippen molar-refractivity contribution in [1.29, 1.82) is 0 Å². The number of halogens is 4. The van der Waals surface area contributed by atoms with Crippen LogP contribution in [-0.2, 0) is 6.18 Å². The lowest BCUT2D eigenvalue weighted by atomic mass is 10.0. The molecule has 0 heterocycles. The van der Waals surface area contributed by atoms with Crippen molar-refractivity contribution in [2.45, 2.75) is 12.2 Å². The zero-order valence-corrected chi connectivity index (χ0v) is 8.20. The molecule has 0 saturated heterocycles. The number of benzene rings is 1. The topological polar surface area (TPSA) is 26.0 Å². The molecule has 0 aliphatic heterocycles. The van der Waals surface area contributed by atoms with E-state index in [4.69, 9.17) is 5.73 Å². The molecule has 1 unspecified atom stereocenters. The second-order valence-corrected chi connectivity index (χ2v) is 3.14. The van der Waals surface area contributed by atoms with Crippen LogP contribution in [0.15, 0.2) is 18.2 Å². The number of nitrogens with two attached hydrogens (primary N) is 1. The molecule has 0 bridgehead atoms. The van der Waals surface area contributed by atoms with Crippen molar-refractivity contribution in [3.05, 3.63) is 35.1 Å². The number of hydrogen-bond acceptors (Lipinski definition) is 2. The molecule has 1 nitrogen and oxygen atoms in total. The van der Waals surface area contributed by atoms with E-state index < -0.39 is 23.6 Å². The summed E-state index contributed by atoms with van der Waals surface area (Å²) in [7, 11) is 0. The third kappa shape index (κ3) is 2.51. The molecular formula is C9H7F4NS. The van der Waals surface area contributed by atoms with Crippen molar-refractivity contribution >= 4 is 17.6 Å². The highest BCUT2D eigenvalue weighted by molar-refractivity contribution is 7.79. The second kappa shape index (κ2) is 4.24. The van der Waals surface area contributed by atoms with E-state index in [1.165, 1.54) is 6.07 Å². The third-order valence-corrected chi connectivity index (χ3v) is 2.13. The van der Waals surface area contributed by atoms with Gasteiger partial charge in [0, 0.05) is 10.9 Å². The molecule has 1 rings (SSSR count). The fourth-order valence-corrected chi connectivity index (χ4v) is 1.25. The first-order valence-electron chi connectivity index (χ1n) is 3.94. The van der Waals surface area contributed by atoms with Crippen molar-refractivity contribution in [2.24, 2.45) is 5.73 Å². The predicted octanol–water partition coefficient (Wildman–Crippen LogP) is 2.84. The van der Waals surface area contributed by atoms with Crippen molar-refractivity contribution in [3.63, 3.8) is 0 Å². The number of thiocarbonyl (C=S) groups is 1. The van der Waals surface area contributed by atoms with Gasteiger partial charge >= 0.3 is 6.18 Å². The molecule has 0 fully saturated rings. The molecule has 0 aliphatic carbocycles. The molecule has 0 aromatic heterocycles. The van der Waals surface area contributed by atoms with Crippen LogP contribution in [0.4, 0.5) is 17.6 Å². The minimum atomic E-state index is -4.72. The maximum absolute atomic E-state index is 13.3. The molecule has 0 spiro atoms. The molecule has 15 heavy (non-hydrogen) atoms. The first-order valence-corrected chi connectivity index (χ1v) is 4.41. The van der Waals surface area contributed by atoms with Gasteiger partial charge in [-0.3, -0.25) is 0 Å². The van der Waals surface area contributed by atoms with Gasteiger partial charge in [-0.2, -0.15) is 13.2 Å². The van der Waals surface area contributed by atoms with Gasteiger partial charge in [0.2, 0.25) is 0 Å². The van der Waals surface area contributed by atoms with E-state index in [0.717, 1.165) is 11.4 Å². The minimum absolute atomic E-state index is 0.250.